The molecule has 1 aromatic carbocycles. The van der Waals surface area contributed by atoms with Gasteiger partial charge in [0.05, 0.1) is 11.8 Å². The standard InChI is InChI=1S/C15H16N2O2/c1-10(2)19-13-6-4-12(5-7-13)14-8-9-16-15(17-14)11(3)18/h4-10H,1-3H3. The van der Waals surface area contributed by atoms with Crippen molar-refractivity contribution < 1.29 is 9.53 Å². The van der Waals surface area contributed by atoms with E-state index in [-0.39, 0.29) is 17.7 Å². The van der Waals surface area contributed by atoms with E-state index >= 15 is 0 Å². The minimum Gasteiger partial charge on any atom is -0.491 e. The first-order valence-electron chi connectivity index (χ1n) is 6.17. The molecule has 0 saturated carbocycles. The molecule has 0 aliphatic heterocycles. The molecule has 98 valence electrons. The van der Waals surface area contributed by atoms with Crippen LogP contribution in [0.2, 0.25) is 0 Å². The van der Waals surface area contributed by atoms with E-state index in [9.17, 15) is 4.79 Å². The summed E-state index contributed by atoms with van der Waals surface area (Å²) in [5.74, 6) is 0.918. The lowest BCUT2D eigenvalue weighted by Crippen LogP contribution is -2.05. The molecule has 0 amide bonds. The summed E-state index contributed by atoms with van der Waals surface area (Å²) in [7, 11) is 0. The fraction of sp³-hybridized carbons (Fsp3) is 0.267. The minimum absolute atomic E-state index is 0.137. The predicted molar refractivity (Wildman–Crippen MR) is 73.2 cm³/mol. The Morgan fingerprint density at radius 3 is 2.42 bits per heavy atom. The van der Waals surface area contributed by atoms with Crippen LogP contribution in [0.4, 0.5) is 0 Å². The monoisotopic (exact) mass is 256 g/mol. The third-order valence-electron chi connectivity index (χ3n) is 2.49. The molecule has 1 heterocycles. The molecule has 19 heavy (non-hydrogen) atoms. The summed E-state index contributed by atoms with van der Waals surface area (Å²) < 4.78 is 5.58. The molecule has 0 aliphatic rings. The molecule has 2 aromatic rings. The van der Waals surface area contributed by atoms with Gasteiger partial charge in [0.15, 0.2) is 11.6 Å². The van der Waals surface area contributed by atoms with E-state index in [1.54, 1.807) is 12.3 Å². The van der Waals surface area contributed by atoms with Crippen molar-refractivity contribution in [3.05, 3.63) is 42.4 Å². The van der Waals surface area contributed by atoms with E-state index < -0.39 is 0 Å². The van der Waals surface area contributed by atoms with Crippen molar-refractivity contribution in [3.8, 4) is 17.0 Å². The second-order valence-corrected chi connectivity index (χ2v) is 4.51. The molecule has 0 atom stereocenters. The largest absolute Gasteiger partial charge is 0.491 e. The first-order chi connectivity index (χ1) is 9.06. The summed E-state index contributed by atoms with van der Waals surface area (Å²) in [5, 5.41) is 0. The third-order valence-corrected chi connectivity index (χ3v) is 2.49. The van der Waals surface area contributed by atoms with E-state index in [1.807, 2.05) is 38.1 Å². The number of hydrogen-bond acceptors (Lipinski definition) is 4. The first-order valence-corrected chi connectivity index (χ1v) is 6.17. The molecule has 4 heteroatoms. The zero-order chi connectivity index (χ0) is 13.8. The molecular weight excluding hydrogens is 240 g/mol. The minimum atomic E-state index is -0.137. The van der Waals surface area contributed by atoms with Gasteiger partial charge in [0, 0.05) is 18.7 Å². The van der Waals surface area contributed by atoms with Gasteiger partial charge in [-0.05, 0) is 44.2 Å². The lowest BCUT2D eigenvalue weighted by atomic mass is 10.1. The van der Waals surface area contributed by atoms with Crippen LogP contribution in [-0.4, -0.2) is 21.9 Å². The van der Waals surface area contributed by atoms with E-state index in [0.29, 0.717) is 0 Å². The predicted octanol–water partition coefficient (Wildman–Crippen LogP) is 3.13. The second kappa shape index (κ2) is 5.61. The maximum atomic E-state index is 11.3. The summed E-state index contributed by atoms with van der Waals surface area (Å²) in [6.07, 6.45) is 1.74. The second-order valence-electron chi connectivity index (χ2n) is 4.51. The number of benzene rings is 1. The van der Waals surface area contributed by atoms with Crippen LogP contribution in [0.5, 0.6) is 5.75 Å². The van der Waals surface area contributed by atoms with E-state index in [4.69, 9.17) is 4.74 Å². The molecule has 0 bridgehead atoms. The van der Waals surface area contributed by atoms with Crippen molar-refractivity contribution >= 4 is 5.78 Å². The molecule has 0 spiro atoms. The van der Waals surface area contributed by atoms with Crippen LogP contribution in [0, 0.1) is 0 Å². The molecule has 0 N–H and O–H groups in total. The normalized spacial score (nSPS) is 10.5. The molecule has 0 saturated heterocycles. The maximum absolute atomic E-state index is 11.3. The smallest absolute Gasteiger partial charge is 0.196 e. The number of Topliss-reactive ketones (excluding diaryl/α,β-unsaturated/α-hetero) is 1. The van der Waals surface area contributed by atoms with Gasteiger partial charge in [-0.15, -0.1) is 0 Å². The van der Waals surface area contributed by atoms with Crippen LogP contribution < -0.4 is 4.74 Å². The number of carbonyl (C=O) groups is 1. The van der Waals surface area contributed by atoms with Gasteiger partial charge in [0.25, 0.3) is 0 Å². The zero-order valence-electron chi connectivity index (χ0n) is 11.3. The van der Waals surface area contributed by atoms with Crippen LogP contribution >= 0.6 is 0 Å². The third kappa shape index (κ3) is 3.37. The average Bonchev–Trinajstić information content (AvgIpc) is 2.39. The highest BCUT2D eigenvalue weighted by Gasteiger charge is 2.06. The highest BCUT2D eigenvalue weighted by molar-refractivity contribution is 5.90. The number of ketones is 1. The quantitative estimate of drug-likeness (QED) is 0.788. The van der Waals surface area contributed by atoms with Gasteiger partial charge in [-0.25, -0.2) is 9.97 Å². The SMILES string of the molecule is CC(=O)c1nccc(-c2ccc(OC(C)C)cc2)n1. The van der Waals surface area contributed by atoms with Gasteiger partial charge in [-0.2, -0.15) is 0 Å². The Morgan fingerprint density at radius 2 is 1.84 bits per heavy atom. The van der Waals surface area contributed by atoms with Crippen LogP contribution in [0.1, 0.15) is 31.4 Å². The molecule has 0 fully saturated rings. The Morgan fingerprint density at radius 1 is 1.16 bits per heavy atom. The Hall–Kier alpha value is -2.23. The Balaban J connectivity index is 2.27. The topological polar surface area (TPSA) is 52.1 Å². The van der Waals surface area contributed by atoms with Gasteiger partial charge >= 0.3 is 0 Å². The Kier molecular flexibility index (Phi) is 3.90. The molecule has 0 aliphatic carbocycles. The summed E-state index contributed by atoms with van der Waals surface area (Å²) in [4.78, 5) is 19.4. The lowest BCUT2D eigenvalue weighted by Gasteiger charge is -2.10. The van der Waals surface area contributed by atoms with Crippen molar-refractivity contribution in [3.63, 3.8) is 0 Å². The number of aromatic nitrogens is 2. The van der Waals surface area contributed by atoms with Crippen LogP contribution in [0.3, 0.4) is 0 Å². The highest BCUT2D eigenvalue weighted by Crippen LogP contribution is 2.21. The molecule has 0 unspecified atom stereocenters. The van der Waals surface area contributed by atoms with Gasteiger partial charge in [0.1, 0.15) is 5.75 Å². The molecule has 0 radical (unpaired) electrons. The van der Waals surface area contributed by atoms with E-state index in [2.05, 4.69) is 9.97 Å². The maximum Gasteiger partial charge on any atom is 0.196 e. The van der Waals surface area contributed by atoms with E-state index in [0.717, 1.165) is 17.0 Å². The fourth-order valence-electron chi connectivity index (χ4n) is 1.67. The van der Waals surface area contributed by atoms with E-state index in [1.165, 1.54) is 6.92 Å². The van der Waals surface area contributed by atoms with Gasteiger partial charge < -0.3 is 4.74 Å². The number of ether oxygens (including phenoxy) is 1. The van der Waals surface area contributed by atoms with Crippen LogP contribution in [-0.2, 0) is 0 Å². The summed E-state index contributed by atoms with van der Waals surface area (Å²) in [6.45, 7) is 5.42. The first kappa shape index (κ1) is 13.2. The van der Waals surface area contributed by atoms with Crippen molar-refractivity contribution in [2.24, 2.45) is 0 Å². The van der Waals surface area contributed by atoms with Crippen LogP contribution in [0.25, 0.3) is 11.3 Å². The van der Waals surface area contributed by atoms with Gasteiger partial charge in [-0.3, -0.25) is 4.79 Å². The van der Waals surface area contributed by atoms with Crippen molar-refractivity contribution in [2.45, 2.75) is 26.9 Å². The molecular formula is C15H16N2O2. The summed E-state index contributed by atoms with van der Waals surface area (Å²) >= 11 is 0. The summed E-state index contributed by atoms with van der Waals surface area (Å²) in [6, 6.07) is 9.41. The van der Waals surface area contributed by atoms with Crippen molar-refractivity contribution in [1.82, 2.24) is 9.97 Å². The average molecular weight is 256 g/mol. The number of carbonyl (C=O) groups excluding carboxylic acids is 1. The van der Waals surface area contributed by atoms with Crippen molar-refractivity contribution in [2.75, 3.05) is 0 Å². The highest BCUT2D eigenvalue weighted by atomic mass is 16.5. The van der Waals surface area contributed by atoms with Crippen LogP contribution in [0.15, 0.2) is 36.5 Å². The summed E-state index contributed by atoms with van der Waals surface area (Å²) in [5.41, 5.74) is 1.66. The zero-order valence-corrected chi connectivity index (χ0v) is 11.3. The molecule has 1 aromatic heterocycles. The molecule has 2 rings (SSSR count). The number of hydrogen-bond donors (Lipinski definition) is 0. The number of rotatable bonds is 4. The Labute approximate surface area is 112 Å². The fourth-order valence-corrected chi connectivity index (χ4v) is 1.67. The van der Waals surface area contributed by atoms with Gasteiger partial charge in [-0.1, -0.05) is 0 Å². The van der Waals surface area contributed by atoms with Crippen molar-refractivity contribution in [1.29, 1.82) is 0 Å². The number of nitrogens with zero attached hydrogens (tertiary/aromatic N) is 2. The molecule has 4 nitrogen and oxygen atoms in total. The van der Waals surface area contributed by atoms with Gasteiger partial charge in [0.2, 0.25) is 0 Å². The lowest BCUT2D eigenvalue weighted by molar-refractivity contribution is 0.100. The Bertz CT molecular complexity index is 577.